The fourth-order valence-corrected chi connectivity index (χ4v) is 7.29. The number of H-pyrrole nitrogens is 1. The molecule has 53 heavy (non-hydrogen) atoms. The van der Waals surface area contributed by atoms with Crippen molar-refractivity contribution in [2.75, 3.05) is 18.8 Å². The van der Waals surface area contributed by atoms with E-state index in [0.29, 0.717) is 93.5 Å². The number of carbonyl (C=O) groups excluding carboxylic acids is 1. The number of para-hydroxylation sites is 2. The lowest BCUT2D eigenvalue weighted by atomic mass is 9.89. The van der Waals surface area contributed by atoms with Gasteiger partial charge in [0, 0.05) is 65.1 Å². The number of nitrogens with one attached hydrogen (secondary N) is 2. The van der Waals surface area contributed by atoms with E-state index in [1.807, 2.05) is 42.5 Å². The highest BCUT2D eigenvalue weighted by molar-refractivity contribution is 6.09. The van der Waals surface area contributed by atoms with E-state index < -0.39 is 12.3 Å². The predicted octanol–water partition coefficient (Wildman–Crippen LogP) is 7.24. The lowest BCUT2D eigenvalue weighted by Crippen LogP contribution is -2.38. The number of likely N-dealkylation sites (tertiary alicyclic amines) is 1. The van der Waals surface area contributed by atoms with Crippen LogP contribution in [0.5, 0.6) is 11.5 Å². The fraction of sp³-hybridized carbons (Fsp3) is 0.146. The molecule has 1 aliphatic carbocycles. The third-order valence-corrected chi connectivity index (χ3v) is 9.89. The number of carboxylic acids is 1. The molecule has 5 heterocycles. The van der Waals surface area contributed by atoms with Crippen molar-refractivity contribution >= 4 is 28.5 Å². The van der Waals surface area contributed by atoms with Gasteiger partial charge >= 0.3 is 5.97 Å². The Bertz CT molecular complexity index is 2570. The molecule has 3 aliphatic heterocycles. The summed E-state index contributed by atoms with van der Waals surface area (Å²) >= 11 is 0. The molecule has 0 bridgehead atoms. The minimum absolute atomic E-state index is 0.0316. The average molecular weight is 705 g/mol. The number of rotatable bonds is 6. The van der Waals surface area contributed by atoms with Crippen molar-refractivity contribution in [3.8, 4) is 45.3 Å². The zero-order valence-electron chi connectivity index (χ0n) is 28.2. The third-order valence-electron chi connectivity index (χ3n) is 9.89. The highest BCUT2D eigenvalue weighted by Gasteiger charge is 2.34. The first kappa shape index (κ1) is 32.0. The number of carbonyl (C=O) groups is 2. The van der Waals surface area contributed by atoms with Crippen LogP contribution in [-0.4, -0.2) is 49.9 Å². The van der Waals surface area contributed by atoms with Crippen molar-refractivity contribution in [2.45, 2.75) is 25.0 Å². The molecule has 1 fully saturated rings. The highest BCUT2D eigenvalue weighted by atomic mass is 16.7. The second-order valence-electron chi connectivity index (χ2n) is 13.2. The SMILES string of the molecule is N=c1ccc2c(-c3cc(C(=O)N4CCC(c5nc(C6Oc7ccccc7O6)c(-c6ccccn6)[nH]5)CC4)ccc3C(=O)O)c3ccc(N)cc3oc-2c1. The standard InChI is InChI=1S/C41H32N6O6/c42-24-9-12-27-33(20-24)51-34-21-25(43)10-13-28(34)35(27)29-19-23(8-11-26(29)40(49)50)39(48)47-17-14-22(15-18-47)38-45-36(30-5-3-4-16-44-30)37(46-38)41-52-31-6-1-2-7-32(31)53-41/h1-13,16,19-22,41-42H,14-15,17-18,43H2,(H,45,46)(H,49,50). The van der Waals surface area contributed by atoms with E-state index in [2.05, 4.69) is 9.97 Å². The largest absolute Gasteiger partial charge is 0.478 e. The summed E-state index contributed by atoms with van der Waals surface area (Å²) in [5.74, 6) is 1.18. The Balaban J connectivity index is 1.01. The molecule has 4 aliphatic rings. The molecule has 0 radical (unpaired) electrons. The van der Waals surface area contributed by atoms with Crippen molar-refractivity contribution in [3.63, 3.8) is 0 Å². The Morgan fingerprint density at radius 3 is 2.40 bits per heavy atom. The van der Waals surface area contributed by atoms with Gasteiger partial charge in [-0.25, -0.2) is 9.78 Å². The number of nitrogens with two attached hydrogens (primary N) is 1. The molecule has 12 heteroatoms. The monoisotopic (exact) mass is 704 g/mol. The van der Waals surface area contributed by atoms with E-state index in [1.54, 1.807) is 59.6 Å². The maximum Gasteiger partial charge on any atom is 0.336 e. The molecule has 0 saturated carbocycles. The van der Waals surface area contributed by atoms with Crippen LogP contribution in [0.25, 0.3) is 44.8 Å². The second kappa shape index (κ2) is 12.7. The number of imidazole rings is 1. The first-order valence-electron chi connectivity index (χ1n) is 17.2. The van der Waals surface area contributed by atoms with Crippen LogP contribution in [0.15, 0.2) is 108 Å². The van der Waals surface area contributed by atoms with Gasteiger partial charge in [0.25, 0.3) is 12.2 Å². The molecular weight excluding hydrogens is 672 g/mol. The smallest absolute Gasteiger partial charge is 0.336 e. The van der Waals surface area contributed by atoms with Gasteiger partial charge in [0.05, 0.1) is 22.3 Å². The van der Waals surface area contributed by atoms with Crippen LogP contribution in [0, 0.1) is 5.41 Å². The van der Waals surface area contributed by atoms with E-state index in [1.165, 1.54) is 6.07 Å². The van der Waals surface area contributed by atoms with Gasteiger partial charge in [-0.1, -0.05) is 18.2 Å². The molecular formula is C41H32N6O6. The van der Waals surface area contributed by atoms with Gasteiger partial charge in [0.1, 0.15) is 22.9 Å². The van der Waals surface area contributed by atoms with E-state index in [0.717, 1.165) is 11.5 Å². The molecule has 0 atom stereocenters. The Morgan fingerprint density at radius 2 is 1.66 bits per heavy atom. The van der Waals surface area contributed by atoms with E-state index in [-0.39, 0.29) is 22.7 Å². The topological polar surface area (TPSA) is 181 Å². The number of aromatic amines is 1. The number of ether oxygens (including phenoxy) is 2. The molecule has 12 nitrogen and oxygen atoms in total. The first-order valence-corrected chi connectivity index (χ1v) is 17.2. The number of carboxylic acid groups (broad SMARTS) is 1. The van der Waals surface area contributed by atoms with Crippen molar-refractivity contribution in [1.82, 2.24) is 19.9 Å². The summed E-state index contributed by atoms with van der Waals surface area (Å²) < 4.78 is 18.4. The van der Waals surface area contributed by atoms with Crippen molar-refractivity contribution < 1.29 is 28.6 Å². The number of fused-ring (bicyclic) bond motifs is 3. The summed E-state index contributed by atoms with van der Waals surface area (Å²) in [6.45, 7) is 0.940. The summed E-state index contributed by atoms with van der Waals surface area (Å²) in [6, 6.07) is 28.0. The zero-order chi connectivity index (χ0) is 36.2. The van der Waals surface area contributed by atoms with E-state index in [9.17, 15) is 14.7 Å². The quantitative estimate of drug-likeness (QED) is 0.102. The van der Waals surface area contributed by atoms with Crippen molar-refractivity contribution in [1.29, 1.82) is 5.41 Å². The van der Waals surface area contributed by atoms with Crippen molar-refractivity contribution in [3.05, 3.63) is 131 Å². The van der Waals surface area contributed by atoms with Crippen LogP contribution in [0.4, 0.5) is 5.69 Å². The van der Waals surface area contributed by atoms with Gasteiger partial charge in [0.15, 0.2) is 11.5 Å². The van der Waals surface area contributed by atoms with E-state index >= 15 is 0 Å². The summed E-state index contributed by atoms with van der Waals surface area (Å²) in [5.41, 5.74) is 11.0. The number of nitrogens with zero attached hydrogens (tertiary/aromatic N) is 3. The van der Waals surface area contributed by atoms with E-state index in [4.69, 9.17) is 30.0 Å². The summed E-state index contributed by atoms with van der Waals surface area (Å²) in [7, 11) is 0. The minimum atomic E-state index is -1.13. The number of hydrogen-bond acceptors (Lipinski definition) is 9. The normalized spacial score (nSPS) is 14.6. The number of hydrogen-bond donors (Lipinski definition) is 4. The Hall–Kier alpha value is -6.95. The number of aromatic nitrogens is 3. The van der Waals surface area contributed by atoms with Crippen LogP contribution in [0.1, 0.15) is 57.3 Å². The maximum absolute atomic E-state index is 14.1. The van der Waals surface area contributed by atoms with Crippen LogP contribution in [-0.2, 0) is 0 Å². The van der Waals surface area contributed by atoms with Crippen molar-refractivity contribution in [2.24, 2.45) is 0 Å². The second-order valence-corrected chi connectivity index (χ2v) is 13.2. The van der Waals surface area contributed by atoms with Crippen LogP contribution in [0.2, 0.25) is 0 Å². The Morgan fingerprint density at radius 1 is 0.887 bits per heavy atom. The zero-order valence-corrected chi connectivity index (χ0v) is 28.2. The molecule has 0 spiro atoms. The number of aromatic carboxylic acids is 1. The lowest BCUT2D eigenvalue weighted by molar-refractivity contribution is 0.0454. The van der Waals surface area contributed by atoms with Gasteiger partial charge in [-0.3, -0.25) is 9.78 Å². The maximum atomic E-state index is 14.1. The number of nitrogen functional groups attached to an aromatic ring is 1. The Labute approximate surface area is 302 Å². The highest BCUT2D eigenvalue weighted by Crippen LogP contribution is 2.44. The van der Waals surface area contributed by atoms with Gasteiger partial charge in [0.2, 0.25) is 0 Å². The number of piperidine rings is 1. The van der Waals surface area contributed by atoms with Crippen LogP contribution in [0.3, 0.4) is 0 Å². The molecule has 3 aromatic carbocycles. The summed E-state index contributed by atoms with van der Waals surface area (Å²) in [4.78, 5) is 41.5. The van der Waals surface area contributed by atoms with Gasteiger partial charge in [-0.15, -0.1) is 0 Å². The van der Waals surface area contributed by atoms with Crippen LogP contribution >= 0.6 is 0 Å². The van der Waals surface area contributed by atoms with Gasteiger partial charge < -0.3 is 40.0 Å². The molecule has 5 N–H and O–H groups in total. The number of pyridine rings is 1. The molecule has 0 unspecified atom stereocenters. The van der Waals surface area contributed by atoms with Crippen LogP contribution < -0.4 is 20.6 Å². The number of benzene rings is 4. The number of anilines is 1. The van der Waals surface area contributed by atoms with Gasteiger partial charge in [-0.05, 0) is 85.1 Å². The summed E-state index contributed by atoms with van der Waals surface area (Å²) in [6.07, 6.45) is 2.29. The van der Waals surface area contributed by atoms with Gasteiger partial charge in [-0.2, -0.15) is 0 Å². The third kappa shape index (κ3) is 5.70. The molecule has 262 valence electrons. The predicted molar refractivity (Wildman–Crippen MR) is 196 cm³/mol. The Kier molecular flexibility index (Phi) is 7.65. The molecule has 9 rings (SSSR count). The minimum Gasteiger partial charge on any atom is -0.478 e. The lowest BCUT2D eigenvalue weighted by Gasteiger charge is -2.31. The summed E-state index contributed by atoms with van der Waals surface area (Å²) in [5, 5.41) is 19.3. The average Bonchev–Trinajstić information content (AvgIpc) is 3.82. The molecule has 2 aromatic heterocycles. The number of amides is 1. The first-order chi connectivity index (χ1) is 25.8. The molecule has 5 aromatic rings. The molecule has 1 saturated heterocycles. The fourth-order valence-electron chi connectivity index (χ4n) is 7.29. The molecule has 1 amide bonds.